The predicted octanol–water partition coefficient (Wildman–Crippen LogP) is 5.25. The van der Waals surface area contributed by atoms with Crippen LogP contribution in [0, 0.1) is 22.7 Å². The van der Waals surface area contributed by atoms with Crippen molar-refractivity contribution in [2.45, 2.75) is 82.8 Å². The van der Waals surface area contributed by atoms with Crippen LogP contribution in [0.4, 0.5) is 0 Å². The fourth-order valence-corrected chi connectivity index (χ4v) is 8.42. The van der Waals surface area contributed by atoms with Crippen LogP contribution in [0.25, 0.3) is 0 Å². The number of fused-ring (bicyclic) bond motifs is 3. The van der Waals surface area contributed by atoms with Crippen LogP contribution in [-0.4, -0.2) is 22.2 Å². The zero-order chi connectivity index (χ0) is 20.5. The molecule has 4 saturated carbocycles. The molecule has 2 N–H and O–H groups in total. The Labute approximate surface area is 175 Å². The van der Waals surface area contributed by atoms with Crippen LogP contribution in [-0.2, 0) is 0 Å². The van der Waals surface area contributed by atoms with Gasteiger partial charge in [0.2, 0.25) is 0 Å². The molecule has 1 amide bonds. The largest absolute Gasteiger partial charge is 0.386 e. The topological polar surface area (TPSA) is 49.3 Å². The lowest BCUT2D eigenvalue weighted by molar-refractivity contribution is -0.148. The van der Waals surface area contributed by atoms with E-state index in [0.717, 1.165) is 62.5 Å². The minimum absolute atomic E-state index is 0.0601. The summed E-state index contributed by atoms with van der Waals surface area (Å²) in [5.41, 5.74) is 1.52. The Bertz CT molecular complexity index is 850. The second-order valence-electron chi connectivity index (χ2n) is 11.1. The molecule has 6 atom stereocenters. The summed E-state index contributed by atoms with van der Waals surface area (Å²) in [4.78, 5) is 13.0. The van der Waals surface area contributed by atoms with Gasteiger partial charge in [-0.3, -0.25) is 4.79 Å². The van der Waals surface area contributed by atoms with Crippen molar-refractivity contribution in [1.82, 2.24) is 5.32 Å². The van der Waals surface area contributed by atoms with E-state index in [0.29, 0.717) is 11.8 Å². The number of rotatable bonds is 2. The second kappa shape index (κ2) is 6.20. The number of carbonyl (C=O) groups excluding carboxylic acids is 1. The summed E-state index contributed by atoms with van der Waals surface area (Å²) in [5.74, 6) is 1.18. The molecule has 29 heavy (non-hydrogen) atoms. The van der Waals surface area contributed by atoms with Crippen LogP contribution in [0.3, 0.4) is 0 Å². The Balaban J connectivity index is 1.45. The van der Waals surface area contributed by atoms with E-state index in [2.05, 4.69) is 25.7 Å². The molecule has 0 unspecified atom stereocenters. The average Bonchev–Trinajstić information content (AvgIpc) is 2.85. The van der Waals surface area contributed by atoms with E-state index in [1.165, 1.54) is 6.42 Å². The van der Waals surface area contributed by atoms with Crippen molar-refractivity contribution in [2.24, 2.45) is 22.7 Å². The summed E-state index contributed by atoms with van der Waals surface area (Å²) in [6, 6.07) is 9.63. The Morgan fingerprint density at radius 1 is 1.07 bits per heavy atom. The lowest BCUT2D eigenvalue weighted by atomic mass is 9.42. The first-order valence-corrected chi connectivity index (χ1v) is 11.5. The van der Waals surface area contributed by atoms with Gasteiger partial charge in [0.15, 0.2) is 0 Å². The third-order valence-corrected chi connectivity index (χ3v) is 9.59. The molecule has 4 aliphatic carbocycles. The van der Waals surface area contributed by atoms with E-state index in [-0.39, 0.29) is 22.3 Å². The number of hydrogen-bond donors (Lipinski definition) is 2. The third kappa shape index (κ3) is 2.69. The van der Waals surface area contributed by atoms with Gasteiger partial charge in [-0.05, 0) is 98.7 Å². The fraction of sp³-hybridized carbons (Fsp3) is 0.654. The van der Waals surface area contributed by atoms with Gasteiger partial charge in [-0.1, -0.05) is 38.1 Å². The molecule has 3 nitrogen and oxygen atoms in total. The van der Waals surface area contributed by atoms with Crippen LogP contribution < -0.4 is 5.32 Å². The van der Waals surface area contributed by atoms with Gasteiger partial charge in [0, 0.05) is 11.1 Å². The van der Waals surface area contributed by atoms with Gasteiger partial charge in [-0.15, -0.1) is 0 Å². The summed E-state index contributed by atoms with van der Waals surface area (Å²) >= 11 is 0. The molecule has 0 aromatic heterocycles. The van der Waals surface area contributed by atoms with Gasteiger partial charge in [-0.2, -0.15) is 0 Å². The highest BCUT2D eigenvalue weighted by atomic mass is 16.3. The van der Waals surface area contributed by atoms with Gasteiger partial charge in [-0.25, -0.2) is 0 Å². The minimum Gasteiger partial charge on any atom is -0.386 e. The number of benzene rings is 1. The van der Waals surface area contributed by atoms with Crippen molar-refractivity contribution >= 4 is 5.91 Å². The molecule has 156 valence electrons. The first-order valence-electron chi connectivity index (χ1n) is 11.5. The van der Waals surface area contributed by atoms with Gasteiger partial charge < -0.3 is 10.4 Å². The summed E-state index contributed by atoms with van der Waals surface area (Å²) in [6.07, 6.45) is 9.66. The Kier molecular flexibility index (Phi) is 4.14. The van der Waals surface area contributed by atoms with Crippen molar-refractivity contribution in [3.63, 3.8) is 0 Å². The number of carbonyl (C=O) groups is 1. The molecule has 1 aromatic carbocycles. The van der Waals surface area contributed by atoms with Crippen LogP contribution >= 0.6 is 0 Å². The van der Waals surface area contributed by atoms with E-state index in [1.54, 1.807) is 0 Å². The number of nitrogens with one attached hydrogen (secondary N) is 1. The quantitative estimate of drug-likeness (QED) is 0.674. The minimum atomic E-state index is -0.612. The van der Waals surface area contributed by atoms with E-state index < -0.39 is 5.60 Å². The molecule has 3 heteroatoms. The Hall–Kier alpha value is -1.61. The van der Waals surface area contributed by atoms with E-state index in [4.69, 9.17) is 0 Å². The zero-order valence-electron chi connectivity index (χ0n) is 18.0. The van der Waals surface area contributed by atoms with Crippen LogP contribution in [0.1, 0.15) is 82.0 Å². The maximum Gasteiger partial charge on any atom is 0.251 e. The molecule has 0 aliphatic heterocycles. The second-order valence-corrected chi connectivity index (χ2v) is 11.1. The third-order valence-electron chi connectivity index (χ3n) is 9.59. The van der Waals surface area contributed by atoms with Gasteiger partial charge >= 0.3 is 0 Å². The van der Waals surface area contributed by atoms with E-state index >= 15 is 0 Å². The maximum absolute atomic E-state index is 13.0. The van der Waals surface area contributed by atoms with Crippen LogP contribution in [0.5, 0.6) is 0 Å². The SMILES string of the molecule is C=C1C[C@@]23CC[C@H]4[C@@](C)(CCC[C@@]4(C)NC(=O)c4ccccc4)[C@@H]2CC[C@]1(O)C3. The lowest BCUT2D eigenvalue weighted by Gasteiger charge is -2.64. The molecule has 0 heterocycles. The summed E-state index contributed by atoms with van der Waals surface area (Å²) in [7, 11) is 0. The van der Waals surface area contributed by atoms with Crippen LogP contribution in [0.2, 0.25) is 0 Å². The molecule has 4 fully saturated rings. The highest BCUT2D eigenvalue weighted by Crippen LogP contribution is 2.71. The van der Waals surface area contributed by atoms with Gasteiger partial charge in [0.05, 0.1) is 5.60 Å². The predicted molar refractivity (Wildman–Crippen MR) is 115 cm³/mol. The molecule has 1 spiro atoms. The monoisotopic (exact) mass is 393 g/mol. The van der Waals surface area contributed by atoms with Crippen molar-refractivity contribution < 1.29 is 9.90 Å². The van der Waals surface area contributed by atoms with E-state index in [1.807, 2.05) is 30.3 Å². The average molecular weight is 394 g/mol. The molecular formula is C26H35NO2. The summed E-state index contributed by atoms with van der Waals surface area (Å²) in [6.45, 7) is 9.07. The first kappa shape index (κ1) is 19.4. The molecule has 0 radical (unpaired) electrons. The Morgan fingerprint density at radius 3 is 2.55 bits per heavy atom. The van der Waals surface area contributed by atoms with E-state index in [9.17, 15) is 9.90 Å². The normalized spacial score (nSPS) is 46.0. The van der Waals surface area contributed by atoms with Crippen molar-refractivity contribution in [2.75, 3.05) is 0 Å². The highest BCUT2D eigenvalue weighted by Gasteiger charge is 2.66. The Morgan fingerprint density at radius 2 is 1.79 bits per heavy atom. The van der Waals surface area contributed by atoms with Crippen molar-refractivity contribution in [3.05, 3.63) is 48.0 Å². The summed E-state index contributed by atoms with van der Waals surface area (Å²) < 4.78 is 0. The van der Waals surface area contributed by atoms with Gasteiger partial charge in [0.25, 0.3) is 5.91 Å². The van der Waals surface area contributed by atoms with Gasteiger partial charge in [0.1, 0.15) is 0 Å². The maximum atomic E-state index is 13.0. The van der Waals surface area contributed by atoms with Crippen molar-refractivity contribution in [1.29, 1.82) is 0 Å². The molecule has 1 aromatic rings. The highest BCUT2D eigenvalue weighted by molar-refractivity contribution is 5.94. The van der Waals surface area contributed by atoms with Crippen LogP contribution in [0.15, 0.2) is 42.5 Å². The number of amides is 1. The molecule has 5 rings (SSSR count). The van der Waals surface area contributed by atoms with Crippen molar-refractivity contribution in [3.8, 4) is 0 Å². The summed E-state index contributed by atoms with van der Waals surface area (Å²) in [5, 5.41) is 14.6. The molecule has 0 saturated heterocycles. The first-order chi connectivity index (χ1) is 13.7. The zero-order valence-corrected chi connectivity index (χ0v) is 18.0. The number of hydrogen-bond acceptors (Lipinski definition) is 2. The smallest absolute Gasteiger partial charge is 0.251 e. The number of aliphatic hydroxyl groups is 1. The standard InChI is InChI=1S/C26H35NO2/c1-18-16-25-14-10-20-23(2,21(25)11-15-26(18,29)17-25)12-7-13-24(20,3)27-22(28)19-8-5-4-6-9-19/h4-6,8-9,20-21,29H,1,7,10-17H2,2-3H3,(H,27,28)/t20-,21-,23+,24+,25+,26-/m0/s1. The molecule has 4 aliphatic rings. The lowest BCUT2D eigenvalue weighted by Crippen LogP contribution is -2.64. The molecular weight excluding hydrogens is 358 g/mol. The fourth-order valence-electron chi connectivity index (χ4n) is 8.42. The molecule has 2 bridgehead atoms.